The fourth-order valence-electron chi connectivity index (χ4n) is 4.84. The molecule has 1 saturated carbocycles. The zero-order valence-corrected chi connectivity index (χ0v) is 21.2. The zero-order chi connectivity index (χ0) is 25.4. The second-order valence-corrected chi connectivity index (χ2v) is 10.1. The Bertz CT molecular complexity index is 1400. The monoisotopic (exact) mass is 539 g/mol. The molecule has 2 atom stereocenters. The van der Waals surface area contributed by atoms with E-state index in [0.29, 0.717) is 10.0 Å². The maximum atomic E-state index is 13.7. The number of rotatable bonds is 4. The average Bonchev–Trinajstić information content (AvgIpc) is 3.26. The van der Waals surface area contributed by atoms with E-state index >= 15 is 0 Å². The van der Waals surface area contributed by atoms with Gasteiger partial charge in [-0.2, -0.15) is 5.10 Å². The fourth-order valence-corrected chi connectivity index (χ4v) is 5.28. The smallest absolute Gasteiger partial charge is 0.267 e. The first-order chi connectivity index (χ1) is 17.3. The van der Waals surface area contributed by atoms with E-state index in [-0.39, 0.29) is 28.2 Å². The van der Waals surface area contributed by atoms with E-state index in [0.717, 1.165) is 41.7 Å². The van der Waals surface area contributed by atoms with Crippen LogP contribution in [0.3, 0.4) is 0 Å². The number of fused-ring (bicyclic) bond motifs is 1. The summed E-state index contributed by atoms with van der Waals surface area (Å²) in [7, 11) is 0. The third-order valence-electron chi connectivity index (χ3n) is 6.52. The van der Waals surface area contributed by atoms with Crippen molar-refractivity contribution in [2.45, 2.75) is 25.3 Å². The Balaban J connectivity index is 1.59. The van der Waals surface area contributed by atoms with Gasteiger partial charge in [-0.15, -0.1) is 0 Å². The minimum Gasteiger partial charge on any atom is -0.267 e. The van der Waals surface area contributed by atoms with Crippen molar-refractivity contribution in [2.75, 3.05) is 0 Å². The van der Waals surface area contributed by atoms with Gasteiger partial charge in [0.2, 0.25) is 0 Å². The molecule has 0 saturated heterocycles. The lowest BCUT2D eigenvalue weighted by atomic mass is 9.77. The number of nitro benzene ring substituents is 1. The molecule has 0 bridgehead atoms. The molecule has 0 N–H and O–H groups in total. The molecule has 2 aliphatic rings. The summed E-state index contributed by atoms with van der Waals surface area (Å²) in [4.78, 5) is 24.5. The quantitative estimate of drug-likeness (QED) is 0.248. The first-order valence-corrected chi connectivity index (χ1v) is 12.5. The Labute approximate surface area is 222 Å². The topological polar surface area (TPSA) is 75.8 Å². The number of hydrogen-bond donors (Lipinski definition) is 0. The summed E-state index contributed by atoms with van der Waals surface area (Å²) >= 11 is 18.2. The van der Waals surface area contributed by atoms with Gasteiger partial charge in [0, 0.05) is 27.6 Å². The number of nitro groups is 1. The molecule has 0 aromatic heterocycles. The molecule has 3 aromatic rings. The highest BCUT2D eigenvalue weighted by atomic mass is 35.5. The van der Waals surface area contributed by atoms with Crippen molar-refractivity contribution in [1.82, 2.24) is 5.01 Å². The molecule has 6 nitrogen and oxygen atoms in total. The molecular weight excluding hydrogens is 521 g/mol. The van der Waals surface area contributed by atoms with Crippen molar-refractivity contribution in [3.63, 3.8) is 0 Å². The lowest BCUT2D eigenvalue weighted by Gasteiger charge is -2.29. The zero-order valence-electron chi connectivity index (χ0n) is 18.9. The van der Waals surface area contributed by atoms with Gasteiger partial charge in [0.05, 0.1) is 16.7 Å². The Morgan fingerprint density at radius 2 is 1.67 bits per heavy atom. The van der Waals surface area contributed by atoms with Crippen molar-refractivity contribution in [1.29, 1.82) is 0 Å². The van der Waals surface area contributed by atoms with Crippen LogP contribution < -0.4 is 0 Å². The van der Waals surface area contributed by atoms with Crippen LogP contribution in [0.4, 0.5) is 5.69 Å². The van der Waals surface area contributed by atoms with Gasteiger partial charge >= 0.3 is 0 Å². The number of allylic oxidation sites excluding steroid dienone is 1. The summed E-state index contributed by atoms with van der Waals surface area (Å²) in [5.74, 6) is -0.452. The summed E-state index contributed by atoms with van der Waals surface area (Å²) in [6, 6.07) is 18.6. The van der Waals surface area contributed by atoms with Crippen LogP contribution in [-0.2, 0) is 0 Å². The Hall–Kier alpha value is -3.19. The summed E-state index contributed by atoms with van der Waals surface area (Å²) in [5.41, 5.74) is 3.64. The maximum absolute atomic E-state index is 13.7. The van der Waals surface area contributed by atoms with Gasteiger partial charge < -0.3 is 0 Å². The molecular formula is C27H20Cl3N3O3. The number of hydrazone groups is 1. The highest BCUT2D eigenvalue weighted by molar-refractivity contribution is 6.32. The lowest BCUT2D eigenvalue weighted by molar-refractivity contribution is -0.384. The second kappa shape index (κ2) is 10.1. The van der Waals surface area contributed by atoms with Crippen LogP contribution in [0.5, 0.6) is 0 Å². The van der Waals surface area contributed by atoms with Crippen molar-refractivity contribution < 1.29 is 9.72 Å². The van der Waals surface area contributed by atoms with Crippen molar-refractivity contribution >= 4 is 58.2 Å². The van der Waals surface area contributed by atoms with Gasteiger partial charge in [-0.1, -0.05) is 59.1 Å². The number of halogens is 3. The summed E-state index contributed by atoms with van der Waals surface area (Å²) < 4.78 is 0. The van der Waals surface area contributed by atoms with E-state index in [1.807, 2.05) is 36.4 Å². The highest BCUT2D eigenvalue weighted by Crippen LogP contribution is 2.45. The number of nitrogens with zero attached hydrogens (tertiary/aromatic N) is 3. The van der Waals surface area contributed by atoms with Gasteiger partial charge in [0.15, 0.2) is 0 Å². The van der Waals surface area contributed by atoms with Crippen LogP contribution in [0.2, 0.25) is 15.1 Å². The van der Waals surface area contributed by atoms with Crippen LogP contribution in [-0.4, -0.2) is 21.6 Å². The third-order valence-corrected chi connectivity index (χ3v) is 7.35. The standard InChI is InChI=1S/C27H20Cl3N3O3/c28-20-9-4-16(5-10-20)14-18-2-1-3-22-25(18)31-32(26(22)17-6-11-21(29)12-7-17)27(34)19-8-13-23(30)24(15-19)33(35)36/h4-15,22,26H,1-3H2/b18-14+/t22-,26-/m1/s1. The predicted octanol–water partition coefficient (Wildman–Crippen LogP) is 7.99. The number of carbonyl (C=O) groups excluding carboxylic acids is 1. The van der Waals surface area contributed by atoms with E-state index in [9.17, 15) is 14.9 Å². The second-order valence-electron chi connectivity index (χ2n) is 8.77. The summed E-state index contributed by atoms with van der Waals surface area (Å²) in [6.07, 6.45) is 4.72. The molecule has 1 heterocycles. The predicted molar refractivity (Wildman–Crippen MR) is 143 cm³/mol. The van der Waals surface area contributed by atoms with Crippen LogP contribution in [0.15, 0.2) is 77.4 Å². The number of carbonyl (C=O) groups is 1. The molecule has 1 aliphatic carbocycles. The van der Waals surface area contributed by atoms with Crippen molar-refractivity contribution in [3.05, 3.63) is 114 Å². The SMILES string of the molecule is O=C(c1ccc(Cl)c([N+](=O)[O-])c1)N1N=C2/C(=C/c3ccc(Cl)cc3)CCC[C@H]2[C@H]1c1ccc(Cl)cc1. The molecule has 36 heavy (non-hydrogen) atoms. The Kier molecular flexibility index (Phi) is 6.84. The molecule has 5 rings (SSSR count). The minimum atomic E-state index is -0.599. The molecule has 0 unspecified atom stereocenters. The number of hydrogen-bond acceptors (Lipinski definition) is 4. The lowest BCUT2D eigenvalue weighted by Crippen LogP contribution is -2.32. The molecule has 3 aromatic carbocycles. The highest BCUT2D eigenvalue weighted by Gasteiger charge is 2.44. The summed E-state index contributed by atoms with van der Waals surface area (Å²) in [6.45, 7) is 0. The van der Waals surface area contributed by atoms with E-state index in [4.69, 9.17) is 39.9 Å². The van der Waals surface area contributed by atoms with Gasteiger partial charge in [-0.05, 0) is 78.4 Å². The molecule has 0 radical (unpaired) electrons. The van der Waals surface area contributed by atoms with Gasteiger partial charge in [-0.3, -0.25) is 14.9 Å². The number of amides is 1. The average molecular weight is 541 g/mol. The van der Waals surface area contributed by atoms with E-state index < -0.39 is 10.8 Å². The van der Waals surface area contributed by atoms with E-state index in [1.54, 1.807) is 12.1 Å². The maximum Gasteiger partial charge on any atom is 0.288 e. The van der Waals surface area contributed by atoms with Gasteiger partial charge in [0.1, 0.15) is 5.02 Å². The molecule has 1 aliphatic heterocycles. The van der Waals surface area contributed by atoms with E-state index in [2.05, 4.69) is 6.08 Å². The van der Waals surface area contributed by atoms with Crippen LogP contribution in [0, 0.1) is 16.0 Å². The largest absolute Gasteiger partial charge is 0.288 e. The molecule has 1 amide bonds. The molecule has 1 fully saturated rings. The molecule has 182 valence electrons. The molecule has 9 heteroatoms. The van der Waals surface area contributed by atoms with Gasteiger partial charge in [0.25, 0.3) is 11.6 Å². The van der Waals surface area contributed by atoms with Crippen molar-refractivity contribution in [3.8, 4) is 0 Å². The molecule has 0 spiro atoms. The normalized spacial score (nSPS) is 20.2. The van der Waals surface area contributed by atoms with Crippen LogP contribution in [0.1, 0.15) is 46.8 Å². The first kappa shape index (κ1) is 24.5. The third kappa shape index (κ3) is 4.76. The first-order valence-electron chi connectivity index (χ1n) is 11.4. The Morgan fingerprint density at radius 3 is 2.33 bits per heavy atom. The van der Waals surface area contributed by atoms with Crippen LogP contribution in [0.25, 0.3) is 6.08 Å². The summed E-state index contributed by atoms with van der Waals surface area (Å²) in [5, 5.41) is 18.9. The fraction of sp³-hybridized carbons (Fsp3) is 0.185. The Morgan fingerprint density at radius 1 is 1.00 bits per heavy atom. The van der Waals surface area contributed by atoms with E-state index in [1.165, 1.54) is 23.2 Å². The van der Waals surface area contributed by atoms with Crippen molar-refractivity contribution in [2.24, 2.45) is 11.0 Å². The number of benzene rings is 3. The minimum absolute atomic E-state index is 0.0234. The van der Waals surface area contributed by atoms with Crippen LogP contribution >= 0.6 is 34.8 Å². The van der Waals surface area contributed by atoms with Gasteiger partial charge in [-0.25, -0.2) is 5.01 Å².